The van der Waals surface area contributed by atoms with Crippen molar-refractivity contribution in [1.29, 1.82) is 0 Å². The lowest BCUT2D eigenvalue weighted by Gasteiger charge is -2.34. The molecule has 2 rings (SSSR count). The first-order valence-corrected chi connectivity index (χ1v) is 7.74. The fourth-order valence-electron chi connectivity index (χ4n) is 2.43. The Morgan fingerprint density at radius 1 is 1.32 bits per heavy atom. The van der Waals surface area contributed by atoms with Gasteiger partial charge in [0.15, 0.2) is 11.5 Å². The summed E-state index contributed by atoms with van der Waals surface area (Å²) < 4.78 is 11.1. The molecule has 1 heterocycles. The van der Waals surface area contributed by atoms with Gasteiger partial charge in [-0.1, -0.05) is 35.0 Å². The van der Waals surface area contributed by atoms with E-state index in [0.717, 1.165) is 31.1 Å². The summed E-state index contributed by atoms with van der Waals surface area (Å²) in [5, 5.41) is 0. The third-order valence-electron chi connectivity index (χ3n) is 3.62. The lowest BCUT2D eigenvalue weighted by Crippen LogP contribution is -2.41. The zero-order valence-electron chi connectivity index (χ0n) is 11.6. The van der Waals surface area contributed by atoms with Crippen molar-refractivity contribution in [3.8, 4) is 11.5 Å². The van der Waals surface area contributed by atoms with E-state index >= 15 is 0 Å². The molecule has 19 heavy (non-hydrogen) atoms. The van der Waals surface area contributed by atoms with Crippen molar-refractivity contribution in [2.75, 3.05) is 33.4 Å². The molecule has 4 heteroatoms. The van der Waals surface area contributed by atoms with Crippen LogP contribution in [0.4, 0.5) is 0 Å². The second kappa shape index (κ2) is 7.15. The van der Waals surface area contributed by atoms with Crippen molar-refractivity contribution in [3.05, 3.63) is 24.3 Å². The first-order valence-electron chi connectivity index (χ1n) is 6.83. The number of hydrogen-bond acceptors (Lipinski definition) is 3. The Morgan fingerprint density at radius 3 is 2.74 bits per heavy atom. The van der Waals surface area contributed by atoms with Crippen LogP contribution in [0, 0.1) is 5.92 Å². The summed E-state index contributed by atoms with van der Waals surface area (Å²) in [4.78, 5) is 3.14. The maximum absolute atomic E-state index is 5.81. The van der Waals surface area contributed by atoms with Crippen LogP contribution < -0.4 is 9.47 Å². The minimum absolute atomic E-state index is 0.666. The highest BCUT2D eigenvalue weighted by Gasteiger charge is 2.23. The molecule has 1 aliphatic heterocycles. The van der Waals surface area contributed by atoms with Gasteiger partial charge in [0.1, 0.15) is 6.61 Å². The third-order valence-corrected chi connectivity index (χ3v) is 4.98. The third kappa shape index (κ3) is 4.11. The molecule has 1 fully saturated rings. The van der Waals surface area contributed by atoms with Gasteiger partial charge in [0.05, 0.1) is 7.11 Å². The summed E-state index contributed by atoms with van der Waals surface area (Å²) in [7, 11) is 1.67. The number of piperidine rings is 1. The molecule has 106 valence electrons. The number of alkyl halides is 1. The minimum atomic E-state index is 0.666. The molecule has 1 aromatic rings. The van der Waals surface area contributed by atoms with Gasteiger partial charge in [0, 0.05) is 17.9 Å². The summed E-state index contributed by atoms with van der Waals surface area (Å²) >= 11 is 3.73. The Bertz CT molecular complexity index is 399. The maximum atomic E-state index is 5.81. The van der Waals surface area contributed by atoms with Crippen molar-refractivity contribution in [1.82, 2.24) is 4.90 Å². The summed E-state index contributed by atoms with van der Waals surface area (Å²) in [5.41, 5.74) is 0. The van der Waals surface area contributed by atoms with Crippen LogP contribution in [0.25, 0.3) is 0 Å². The largest absolute Gasteiger partial charge is 0.493 e. The predicted octanol–water partition coefficient (Wildman–Crippen LogP) is 3.18. The SMILES string of the molecule is COc1ccccc1OCCN1CCC(Br)C(C)C1. The number of likely N-dealkylation sites (tertiary alicyclic amines) is 1. The molecule has 0 N–H and O–H groups in total. The van der Waals surface area contributed by atoms with E-state index in [2.05, 4.69) is 27.8 Å². The van der Waals surface area contributed by atoms with Crippen LogP contribution in [-0.4, -0.2) is 43.1 Å². The smallest absolute Gasteiger partial charge is 0.161 e. The normalized spacial score (nSPS) is 24.2. The highest BCUT2D eigenvalue weighted by molar-refractivity contribution is 9.09. The average Bonchev–Trinajstić information content (AvgIpc) is 2.43. The number of nitrogens with zero attached hydrogens (tertiary/aromatic N) is 1. The fraction of sp³-hybridized carbons (Fsp3) is 0.600. The van der Waals surface area contributed by atoms with Crippen LogP contribution in [0.3, 0.4) is 0 Å². The molecule has 0 bridgehead atoms. The van der Waals surface area contributed by atoms with Crippen molar-refractivity contribution in [2.24, 2.45) is 5.92 Å². The van der Waals surface area contributed by atoms with Gasteiger partial charge in [-0.3, -0.25) is 4.90 Å². The molecule has 3 nitrogen and oxygen atoms in total. The highest BCUT2D eigenvalue weighted by Crippen LogP contribution is 2.26. The first-order chi connectivity index (χ1) is 9.20. The van der Waals surface area contributed by atoms with Crippen LogP contribution in [0.5, 0.6) is 11.5 Å². The number of ether oxygens (including phenoxy) is 2. The van der Waals surface area contributed by atoms with Crippen LogP contribution in [0.1, 0.15) is 13.3 Å². The number of para-hydroxylation sites is 2. The zero-order valence-corrected chi connectivity index (χ0v) is 13.2. The molecule has 0 radical (unpaired) electrons. The van der Waals surface area contributed by atoms with Gasteiger partial charge in [0.2, 0.25) is 0 Å². The molecule has 0 aromatic heterocycles. The van der Waals surface area contributed by atoms with Crippen LogP contribution >= 0.6 is 15.9 Å². The van der Waals surface area contributed by atoms with Gasteiger partial charge in [0.25, 0.3) is 0 Å². The van der Waals surface area contributed by atoms with Crippen molar-refractivity contribution < 1.29 is 9.47 Å². The number of halogens is 1. The van der Waals surface area contributed by atoms with E-state index in [1.165, 1.54) is 6.42 Å². The Morgan fingerprint density at radius 2 is 2.05 bits per heavy atom. The van der Waals surface area contributed by atoms with Crippen LogP contribution in [0.15, 0.2) is 24.3 Å². The number of rotatable bonds is 5. The van der Waals surface area contributed by atoms with E-state index in [4.69, 9.17) is 9.47 Å². The standard InChI is InChI=1S/C15H22BrNO2/c1-12-11-17(8-7-13(12)16)9-10-19-15-6-4-3-5-14(15)18-2/h3-6,12-13H,7-11H2,1-2H3. The van der Waals surface area contributed by atoms with Gasteiger partial charge in [-0.25, -0.2) is 0 Å². The second-order valence-corrected chi connectivity index (χ2v) is 6.26. The highest BCUT2D eigenvalue weighted by atomic mass is 79.9. The molecule has 0 aliphatic carbocycles. The van der Waals surface area contributed by atoms with Gasteiger partial charge in [-0.2, -0.15) is 0 Å². The quantitative estimate of drug-likeness (QED) is 0.775. The van der Waals surface area contributed by atoms with Gasteiger partial charge < -0.3 is 9.47 Å². The molecule has 0 amide bonds. The molecule has 0 spiro atoms. The van der Waals surface area contributed by atoms with E-state index in [1.807, 2.05) is 24.3 Å². The molecule has 2 atom stereocenters. The molecule has 1 aromatic carbocycles. The van der Waals surface area contributed by atoms with Gasteiger partial charge in [-0.15, -0.1) is 0 Å². The first kappa shape index (κ1) is 14.7. The Hall–Kier alpha value is -0.740. The molecular formula is C15H22BrNO2. The molecule has 1 saturated heterocycles. The number of hydrogen-bond donors (Lipinski definition) is 0. The van der Waals surface area contributed by atoms with E-state index in [-0.39, 0.29) is 0 Å². The fourth-order valence-corrected chi connectivity index (χ4v) is 2.80. The maximum Gasteiger partial charge on any atom is 0.161 e. The Kier molecular flexibility index (Phi) is 5.52. The molecular weight excluding hydrogens is 306 g/mol. The van der Waals surface area contributed by atoms with E-state index < -0.39 is 0 Å². The van der Waals surface area contributed by atoms with Crippen LogP contribution in [0.2, 0.25) is 0 Å². The summed E-state index contributed by atoms with van der Waals surface area (Å²) in [6, 6.07) is 7.80. The van der Waals surface area contributed by atoms with E-state index in [0.29, 0.717) is 17.4 Å². The Labute approximate surface area is 124 Å². The molecule has 0 saturated carbocycles. The monoisotopic (exact) mass is 327 g/mol. The second-order valence-electron chi connectivity index (χ2n) is 5.08. The predicted molar refractivity (Wildman–Crippen MR) is 81.4 cm³/mol. The number of benzene rings is 1. The van der Waals surface area contributed by atoms with Crippen LogP contribution in [-0.2, 0) is 0 Å². The lowest BCUT2D eigenvalue weighted by molar-refractivity contribution is 0.157. The van der Waals surface area contributed by atoms with Crippen molar-refractivity contribution in [3.63, 3.8) is 0 Å². The van der Waals surface area contributed by atoms with E-state index in [9.17, 15) is 0 Å². The lowest BCUT2D eigenvalue weighted by atomic mass is 10.0. The van der Waals surface area contributed by atoms with Crippen molar-refractivity contribution >= 4 is 15.9 Å². The Balaban J connectivity index is 1.77. The summed E-state index contributed by atoms with van der Waals surface area (Å²) in [6.45, 7) is 6.27. The summed E-state index contributed by atoms with van der Waals surface area (Å²) in [5.74, 6) is 2.34. The number of methoxy groups -OCH3 is 1. The van der Waals surface area contributed by atoms with E-state index in [1.54, 1.807) is 7.11 Å². The molecule has 2 unspecified atom stereocenters. The topological polar surface area (TPSA) is 21.7 Å². The van der Waals surface area contributed by atoms with Crippen molar-refractivity contribution in [2.45, 2.75) is 18.2 Å². The van der Waals surface area contributed by atoms with Gasteiger partial charge in [-0.05, 0) is 31.0 Å². The average molecular weight is 328 g/mol. The minimum Gasteiger partial charge on any atom is -0.493 e. The molecule has 1 aliphatic rings. The zero-order chi connectivity index (χ0) is 13.7. The summed E-state index contributed by atoms with van der Waals surface area (Å²) in [6.07, 6.45) is 1.22. The van der Waals surface area contributed by atoms with Gasteiger partial charge >= 0.3 is 0 Å².